The van der Waals surface area contributed by atoms with Gasteiger partial charge in [-0.3, -0.25) is 0 Å². The van der Waals surface area contributed by atoms with Gasteiger partial charge in [-0.1, -0.05) is 36.4 Å². The summed E-state index contributed by atoms with van der Waals surface area (Å²) in [5.41, 5.74) is 2.26. The van der Waals surface area contributed by atoms with Gasteiger partial charge in [-0.05, 0) is 58.5 Å². The topological polar surface area (TPSA) is 29.5 Å². The van der Waals surface area contributed by atoms with Gasteiger partial charge in [0.05, 0.1) is 17.7 Å². The van der Waals surface area contributed by atoms with Crippen LogP contribution in [0.15, 0.2) is 53.0 Å². The van der Waals surface area contributed by atoms with Gasteiger partial charge in [-0.25, -0.2) is 0 Å². The van der Waals surface area contributed by atoms with E-state index >= 15 is 0 Å². The molecule has 0 saturated carbocycles. The van der Waals surface area contributed by atoms with Gasteiger partial charge in [0.15, 0.2) is 0 Å². The predicted octanol–water partition coefficient (Wildman–Crippen LogP) is 4.34. The normalized spacial score (nSPS) is 10.5. The number of aryl methyl sites for hydroxylation is 1. The van der Waals surface area contributed by atoms with Crippen molar-refractivity contribution < 1.29 is 9.84 Å². The molecule has 0 unspecified atom stereocenters. The molecule has 2 aromatic carbocycles. The minimum absolute atomic E-state index is 0.0515. The van der Waals surface area contributed by atoms with Crippen molar-refractivity contribution in [3.8, 4) is 5.75 Å². The highest BCUT2D eigenvalue weighted by Crippen LogP contribution is 2.26. The van der Waals surface area contributed by atoms with Gasteiger partial charge in [0.1, 0.15) is 5.75 Å². The van der Waals surface area contributed by atoms with Crippen LogP contribution in [-0.2, 0) is 13.0 Å². The summed E-state index contributed by atoms with van der Waals surface area (Å²) in [7, 11) is 0. The van der Waals surface area contributed by atoms with Gasteiger partial charge >= 0.3 is 0 Å². The zero-order chi connectivity index (χ0) is 14.2. The van der Waals surface area contributed by atoms with E-state index in [4.69, 9.17) is 9.84 Å². The molecule has 2 rings (SSSR count). The number of hydrogen-bond donors (Lipinski definition) is 1. The van der Waals surface area contributed by atoms with Crippen molar-refractivity contribution in [2.24, 2.45) is 0 Å². The fraction of sp³-hybridized carbons (Fsp3) is 0.294. The number of hydrogen-bond acceptors (Lipinski definition) is 2. The molecule has 0 saturated heterocycles. The van der Waals surface area contributed by atoms with E-state index in [2.05, 4.69) is 40.2 Å². The third-order valence-corrected chi connectivity index (χ3v) is 3.76. The molecule has 0 bridgehead atoms. The highest BCUT2D eigenvalue weighted by Gasteiger charge is 2.02. The van der Waals surface area contributed by atoms with Gasteiger partial charge in [-0.2, -0.15) is 0 Å². The molecule has 0 aliphatic heterocycles. The number of ether oxygens (including phenoxy) is 1. The summed E-state index contributed by atoms with van der Waals surface area (Å²) in [6.45, 7) is 0.764. The molecule has 2 aromatic rings. The molecular formula is C17H19BrO2. The number of aliphatic hydroxyl groups is 1. The molecule has 0 aliphatic rings. The molecule has 3 heteroatoms. The van der Waals surface area contributed by atoms with Crippen molar-refractivity contribution in [1.82, 2.24) is 0 Å². The first-order chi connectivity index (χ1) is 9.79. The monoisotopic (exact) mass is 334 g/mol. The quantitative estimate of drug-likeness (QED) is 0.763. The van der Waals surface area contributed by atoms with Gasteiger partial charge < -0.3 is 9.84 Å². The Hall–Kier alpha value is -1.32. The molecule has 2 nitrogen and oxygen atoms in total. The minimum atomic E-state index is 0.0515. The molecule has 0 amide bonds. The standard InChI is InChI=1S/C17H19BrO2/c18-16-12-15(13-19)9-10-17(16)20-11-5-4-8-14-6-2-1-3-7-14/h1-3,6-7,9-10,12,19H,4-5,8,11,13H2. The van der Waals surface area contributed by atoms with Crippen molar-refractivity contribution >= 4 is 15.9 Å². The maximum atomic E-state index is 9.05. The Balaban J connectivity index is 1.71. The lowest BCUT2D eigenvalue weighted by Gasteiger charge is -2.09. The van der Waals surface area contributed by atoms with Crippen LogP contribution in [0.5, 0.6) is 5.75 Å². The highest BCUT2D eigenvalue weighted by atomic mass is 79.9. The van der Waals surface area contributed by atoms with E-state index in [-0.39, 0.29) is 6.61 Å². The number of halogens is 1. The van der Waals surface area contributed by atoms with Crippen molar-refractivity contribution in [2.45, 2.75) is 25.9 Å². The third kappa shape index (κ3) is 4.66. The summed E-state index contributed by atoms with van der Waals surface area (Å²) in [5.74, 6) is 0.835. The van der Waals surface area contributed by atoms with Crippen molar-refractivity contribution in [3.63, 3.8) is 0 Å². The third-order valence-electron chi connectivity index (χ3n) is 3.14. The summed E-state index contributed by atoms with van der Waals surface area (Å²) in [5, 5.41) is 9.05. The van der Waals surface area contributed by atoms with E-state index < -0.39 is 0 Å². The first-order valence-electron chi connectivity index (χ1n) is 6.85. The zero-order valence-electron chi connectivity index (χ0n) is 11.4. The Morgan fingerprint density at radius 2 is 1.75 bits per heavy atom. The second kappa shape index (κ2) is 8.08. The Morgan fingerprint density at radius 1 is 0.950 bits per heavy atom. The van der Waals surface area contributed by atoms with Gasteiger partial charge in [0.2, 0.25) is 0 Å². The number of unbranched alkanes of at least 4 members (excludes halogenated alkanes) is 1. The fourth-order valence-electron chi connectivity index (χ4n) is 2.02. The lowest BCUT2D eigenvalue weighted by Crippen LogP contribution is -1.99. The Labute approximate surface area is 128 Å². The second-order valence-electron chi connectivity index (χ2n) is 4.71. The van der Waals surface area contributed by atoms with E-state index in [9.17, 15) is 0 Å². The first kappa shape index (κ1) is 15.1. The van der Waals surface area contributed by atoms with E-state index in [0.717, 1.165) is 35.0 Å². The molecule has 0 atom stereocenters. The van der Waals surface area contributed by atoms with Crippen molar-refractivity contribution in [2.75, 3.05) is 6.61 Å². The van der Waals surface area contributed by atoms with Crippen LogP contribution in [0.1, 0.15) is 24.0 Å². The van der Waals surface area contributed by atoms with Crippen LogP contribution >= 0.6 is 15.9 Å². The molecule has 0 aliphatic carbocycles. The molecular weight excluding hydrogens is 316 g/mol. The zero-order valence-corrected chi connectivity index (χ0v) is 13.0. The second-order valence-corrected chi connectivity index (χ2v) is 5.57. The van der Waals surface area contributed by atoms with E-state index in [1.807, 2.05) is 24.3 Å². The minimum Gasteiger partial charge on any atom is -0.492 e. The molecule has 0 heterocycles. The van der Waals surface area contributed by atoms with E-state index in [1.54, 1.807) is 0 Å². The van der Waals surface area contributed by atoms with Crippen LogP contribution in [0.25, 0.3) is 0 Å². The van der Waals surface area contributed by atoms with E-state index in [1.165, 1.54) is 5.56 Å². The molecule has 0 fully saturated rings. The molecule has 0 spiro atoms. The maximum Gasteiger partial charge on any atom is 0.133 e. The fourth-order valence-corrected chi connectivity index (χ4v) is 2.56. The summed E-state index contributed by atoms with van der Waals surface area (Å²) in [4.78, 5) is 0. The van der Waals surface area contributed by atoms with Crippen LogP contribution < -0.4 is 4.74 Å². The lowest BCUT2D eigenvalue weighted by atomic mass is 10.1. The summed E-state index contributed by atoms with van der Waals surface area (Å²) in [6.07, 6.45) is 3.24. The van der Waals surface area contributed by atoms with Crippen molar-refractivity contribution in [1.29, 1.82) is 0 Å². The summed E-state index contributed by atoms with van der Waals surface area (Å²) in [6, 6.07) is 16.2. The van der Waals surface area contributed by atoms with Crippen LogP contribution in [0.3, 0.4) is 0 Å². The average Bonchev–Trinajstić information content (AvgIpc) is 2.49. The average molecular weight is 335 g/mol. The van der Waals surface area contributed by atoms with Gasteiger partial charge in [0.25, 0.3) is 0 Å². The molecule has 0 radical (unpaired) electrons. The lowest BCUT2D eigenvalue weighted by molar-refractivity contribution is 0.280. The summed E-state index contributed by atoms with van der Waals surface area (Å²) < 4.78 is 6.64. The van der Waals surface area contributed by atoms with E-state index in [0.29, 0.717) is 6.61 Å². The van der Waals surface area contributed by atoms with Gasteiger partial charge in [0, 0.05) is 0 Å². The number of rotatable bonds is 7. The maximum absolute atomic E-state index is 9.05. The predicted molar refractivity (Wildman–Crippen MR) is 84.9 cm³/mol. The molecule has 1 N–H and O–H groups in total. The number of aliphatic hydroxyl groups excluding tert-OH is 1. The first-order valence-corrected chi connectivity index (χ1v) is 7.65. The van der Waals surface area contributed by atoms with Crippen molar-refractivity contribution in [3.05, 3.63) is 64.1 Å². The van der Waals surface area contributed by atoms with Crippen LogP contribution in [-0.4, -0.2) is 11.7 Å². The van der Waals surface area contributed by atoms with Crippen LogP contribution in [0, 0.1) is 0 Å². The molecule has 20 heavy (non-hydrogen) atoms. The summed E-state index contributed by atoms with van der Waals surface area (Å²) >= 11 is 3.46. The van der Waals surface area contributed by atoms with Crippen LogP contribution in [0.4, 0.5) is 0 Å². The SMILES string of the molecule is OCc1ccc(OCCCCc2ccccc2)c(Br)c1. The van der Waals surface area contributed by atoms with Crippen LogP contribution in [0.2, 0.25) is 0 Å². The Kier molecular flexibility index (Phi) is 6.09. The van der Waals surface area contributed by atoms with Gasteiger partial charge in [-0.15, -0.1) is 0 Å². The smallest absolute Gasteiger partial charge is 0.133 e. The Bertz CT molecular complexity index is 526. The highest BCUT2D eigenvalue weighted by molar-refractivity contribution is 9.10. The largest absolute Gasteiger partial charge is 0.492 e. The molecule has 106 valence electrons. The molecule has 0 aromatic heterocycles. The number of benzene rings is 2. The Morgan fingerprint density at radius 3 is 2.45 bits per heavy atom.